The zero-order valence-electron chi connectivity index (χ0n) is 12.1. The number of nitrogens with one attached hydrogen (secondary N) is 1. The summed E-state index contributed by atoms with van der Waals surface area (Å²) in [5.41, 5.74) is 5.71. The molecule has 0 saturated heterocycles. The Bertz CT molecular complexity index is 286. The number of carbonyl (C=O) groups is 1. The first-order valence-electron chi connectivity index (χ1n) is 7.68. The SMILES string of the molecule is CC(CN)(NC(=O)C1CCCCCCC1)C1CC1.Cl. The van der Waals surface area contributed by atoms with Crippen molar-refractivity contribution < 1.29 is 4.79 Å². The number of carbonyl (C=O) groups excluding carboxylic acids is 1. The number of halogens is 1. The monoisotopic (exact) mass is 288 g/mol. The molecular formula is C15H29ClN2O. The molecule has 0 aromatic rings. The van der Waals surface area contributed by atoms with E-state index in [-0.39, 0.29) is 29.8 Å². The van der Waals surface area contributed by atoms with Crippen LogP contribution in [0.15, 0.2) is 0 Å². The van der Waals surface area contributed by atoms with Gasteiger partial charge in [0.1, 0.15) is 0 Å². The second kappa shape index (κ2) is 7.49. The maximum absolute atomic E-state index is 12.4. The molecule has 0 spiro atoms. The predicted octanol–water partition coefficient (Wildman–Crippen LogP) is 3.01. The Hall–Kier alpha value is -0.280. The van der Waals surface area contributed by atoms with Crippen LogP contribution in [0.1, 0.15) is 64.7 Å². The van der Waals surface area contributed by atoms with Crippen LogP contribution in [0.2, 0.25) is 0 Å². The Kier molecular flexibility index (Phi) is 6.61. The van der Waals surface area contributed by atoms with Gasteiger partial charge in [0, 0.05) is 12.5 Å². The molecule has 2 rings (SSSR count). The first-order chi connectivity index (χ1) is 8.65. The maximum Gasteiger partial charge on any atom is 0.223 e. The lowest BCUT2D eigenvalue weighted by molar-refractivity contribution is -0.127. The van der Waals surface area contributed by atoms with Crippen molar-refractivity contribution in [3.63, 3.8) is 0 Å². The molecule has 1 amide bonds. The molecule has 4 heteroatoms. The molecule has 2 saturated carbocycles. The minimum Gasteiger partial charge on any atom is -0.349 e. The summed E-state index contributed by atoms with van der Waals surface area (Å²) in [6.45, 7) is 2.68. The molecule has 0 radical (unpaired) electrons. The third kappa shape index (κ3) is 4.64. The van der Waals surface area contributed by atoms with Crippen molar-refractivity contribution in [2.45, 2.75) is 70.3 Å². The van der Waals surface area contributed by atoms with Crippen molar-refractivity contribution in [1.29, 1.82) is 0 Å². The Morgan fingerprint density at radius 2 is 1.63 bits per heavy atom. The highest BCUT2D eigenvalue weighted by Crippen LogP contribution is 2.39. The molecule has 3 nitrogen and oxygen atoms in total. The van der Waals surface area contributed by atoms with E-state index in [0.717, 1.165) is 12.8 Å². The van der Waals surface area contributed by atoms with Gasteiger partial charge in [0.2, 0.25) is 5.91 Å². The minimum atomic E-state index is -0.153. The van der Waals surface area contributed by atoms with E-state index in [1.807, 2.05) is 0 Å². The van der Waals surface area contributed by atoms with Gasteiger partial charge in [-0.3, -0.25) is 4.79 Å². The summed E-state index contributed by atoms with van der Waals surface area (Å²) in [5, 5.41) is 3.26. The van der Waals surface area contributed by atoms with Gasteiger partial charge in [-0.25, -0.2) is 0 Å². The van der Waals surface area contributed by atoms with Gasteiger partial charge in [-0.1, -0.05) is 32.1 Å². The summed E-state index contributed by atoms with van der Waals surface area (Å²) in [6, 6.07) is 0. The Morgan fingerprint density at radius 1 is 1.11 bits per heavy atom. The molecule has 1 atom stereocenters. The van der Waals surface area contributed by atoms with Crippen molar-refractivity contribution in [3.8, 4) is 0 Å². The van der Waals surface area contributed by atoms with Crippen LogP contribution in [-0.4, -0.2) is 18.0 Å². The van der Waals surface area contributed by atoms with E-state index >= 15 is 0 Å². The number of amides is 1. The van der Waals surface area contributed by atoms with Crippen molar-refractivity contribution in [3.05, 3.63) is 0 Å². The Balaban J connectivity index is 0.00000180. The van der Waals surface area contributed by atoms with Gasteiger partial charge >= 0.3 is 0 Å². The molecule has 19 heavy (non-hydrogen) atoms. The van der Waals surface area contributed by atoms with Crippen LogP contribution in [0.5, 0.6) is 0 Å². The summed E-state index contributed by atoms with van der Waals surface area (Å²) in [6.07, 6.45) is 10.9. The van der Waals surface area contributed by atoms with Crippen LogP contribution in [-0.2, 0) is 4.79 Å². The summed E-state index contributed by atoms with van der Waals surface area (Å²) in [5.74, 6) is 1.10. The number of hydrogen-bond donors (Lipinski definition) is 2. The fourth-order valence-corrected chi connectivity index (χ4v) is 3.14. The third-order valence-corrected chi connectivity index (χ3v) is 4.79. The highest BCUT2D eigenvalue weighted by Gasteiger charge is 2.42. The molecule has 0 aromatic carbocycles. The lowest BCUT2D eigenvalue weighted by Gasteiger charge is -2.32. The lowest BCUT2D eigenvalue weighted by atomic mass is 9.88. The molecule has 0 aliphatic heterocycles. The highest BCUT2D eigenvalue weighted by atomic mass is 35.5. The highest BCUT2D eigenvalue weighted by molar-refractivity contribution is 5.85. The Labute approximate surface area is 123 Å². The van der Waals surface area contributed by atoms with E-state index in [0.29, 0.717) is 12.5 Å². The average molecular weight is 289 g/mol. The van der Waals surface area contributed by atoms with Crippen molar-refractivity contribution in [2.24, 2.45) is 17.6 Å². The predicted molar refractivity (Wildman–Crippen MR) is 81.4 cm³/mol. The fourth-order valence-electron chi connectivity index (χ4n) is 3.14. The van der Waals surface area contributed by atoms with Crippen LogP contribution >= 0.6 is 12.4 Å². The molecule has 2 aliphatic carbocycles. The second-order valence-corrected chi connectivity index (χ2v) is 6.43. The molecule has 1 unspecified atom stereocenters. The molecule has 2 aliphatic rings. The van der Waals surface area contributed by atoms with Gasteiger partial charge in [0.15, 0.2) is 0 Å². The zero-order chi connectivity index (χ0) is 13.0. The molecule has 2 fully saturated rings. The summed E-state index contributed by atoms with van der Waals surface area (Å²) in [7, 11) is 0. The van der Waals surface area contributed by atoms with Gasteiger partial charge in [-0.05, 0) is 38.5 Å². The second-order valence-electron chi connectivity index (χ2n) is 6.43. The largest absolute Gasteiger partial charge is 0.349 e. The number of hydrogen-bond acceptors (Lipinski definition) is 2. The maximum atomic E-state index is 12.4. The van der Waals surface area contributed by atoms with E-state index in [2.05, 4.69) is 12.2 Å². The Morgan fingerprint density at radius 3 is 2.11 bits per heavy atom. The normalized spacial score (nSPS) is 24.5. The first kappa shape index (κ1) is 16.8. The number of nitrogens with two attached hydrogens (primary N) is 1. The van der Waals surface area contributed by atoms with Crippen molar-refractivity contribution in [2.75, 3.05) is 6.54 Å². The van der Waals surface area contributed by atoms with Crippen molar-refractivity contribution >= 4 is 18.3 Å². The molecular weight excluding hydrogens is 260 g/mol. The zero-order valence-corrected chi connectivity index (χ0v) is 12.9. The molecule has 112 valence electrons. The topological polar surface area (TPSA) is 55.1 Å². The van der Waals surface area contributed by atoms with E-state index in [4.69, 9.17) is 5.73 Å². The van der Waals surface area contributed by atoms with E-state index in [1.54, 1.807) is 0 Å². The van der Waals surface area contributed by atoms with Gasteiger partial charge in [0.25, 0.3) is 0 Å². The third-order valence-electron chi connectivity index (χ3n) is 4.79. The van der Waals surface area contributed by atoms with Crippen LogP contribution in [0.4, 0.5) is 0 Å². The fraction of sp³-hybridized carbons (Fsp3) is 0.933. The number of rotatable bonds is 4. The van der Waals surface area contributed by atoms with Gasteiger partial charge in [-0.2, -0.15) is 0 Å². The molecule has 0 bridgehead atoms. The van der Waals surface area contributed by atoms with Crippen LogP contribution in [0.25, 0.3) is 0 Å². The van der Waals surface area contributed by atoms with E-state index in [1.165, 1.54) is 44.9 Å². The molecule has 3 N–H and O–H groups in total. The minimum absolute atomic E-state index is 0. The molecule has 0 heterocycles. The summed E-state index contributed by atoms with van der Waals surface area (Å²) in [4.78, 5) is 12.4. The van der Waals surface area contributed by atoms with Crippen LogP contribution < -0.4 is 11.1 Å². The average Bonchev–Trinajstić information content (AvgIpc) is 3.12. The van der Waals surface area contributed by atoms with Gasteiger partial charge in [0.05, 0.1) is 5.54 Å². The van der Waals surface area contributed by atoms with Gasteiger partial charge < -0.3 is 11.1 Å². The smallest absolute Gasteiger partial charge is 0.223 e. The van der Waals surface area contributed by atoms with Gasteiger partial charge in [-0.15, -0.1) is 12.4 Å². The lowest BCUT2D eigenvalue weighted by Crippen LogP contribution is -2.54. The first-order valence-corrected chi connectivity index (χ1v) is 7.68. The van der Waals surface area contributed by atoms with Crippen molar-refractivity contribution in [1.82, 2.24) is 5.32 Å². The summed E-state index contributed by atoms with van der Waals surface area (Å²) < 4.78 is 0. The van der Waals surface area contributed by atoms with Crippen LogP contribution in [0, 0.1) is 11.8 Å². The molecule has 0 aromatic heterocycles. The van der Waals surface area contributed by atoms with E-state index < -0.39 is 0 Å². The van der Waals surface area contributed by atoms with Crippen LogP contribution in [0.3, 0.4) is 0 Å². The summed E-state index contributed by atoms with van der Waals surface area (Å²) >= 11 is 0. The quantitative estimate of drug-likeness (QED) is 0.835. The van der Waals surface area contributed by atoms with E-state index in [9.17, 15) is 4.79 Å². The standard InChI is InChI=1S/C15H28N2O.ClH/c1-15(11-16,13-9-10-13)17-14(18)12-7-5-3-2-4-6-8-12;/h12-13H,2-11,16H2,1H3,(H,17,18);1H.